The predicted octanol–water partition coefficient (Wildman–Crippen LogP) is 7.05. The summed E-state index contributed by atoms with van der Waals surface area (Å²) in [6, 6.07) is 30.0. The van der Waals surface area contributed by atoms with Gasteiger partial charge in [-0.15, -0.1) is 0 Å². The monoisotopic (exact) mass is 318 g/mol. The summed E-state index contributed by atoms with van der Waals surface area (Å²) in [5.74, 6) is 0. The summed E-state index contributed by atoms with van der Waals surface area (Å²) in [4.78, 5) is 0. The number of benzene rings is 5. The topological polar surface area (TPSA) is 13.1 Å². The van der Waals surface area contributed by atoms with Crippen LogP contribution in [0.5, 0.6) is 0 Å². The molecule has 0 fully saturated rings. The highest BCUT2D eigenvalue weighted by atomic mass is 16.3. The first-order chi connectivity index (χ1) is 12.4. The predicted molar refractivity (Wildman–Crippen MR) is 106 cm³/mol. The molecule has 0 saturated carbocycles. The van der Waals surface area contributed by atoms with Crippen LogP contribution in [0.4, 0.5) is 0 Å². The molecule has 1 heteroatoms. The molecule has 0 amide bonds. The van der Waals surface area contributed by atoms with Crippen molar-refractivity contribution in [1.82, 2.24) is 0 Å². The molecule has 6 rings (SSSR count). The highest BCUT2D eigenvalue weighted by molar-refractivity contribution is 6.34. The Morgan fingerprint density at radius 2 is 1.04 bits per heavy atom. The maximum absolute atomic E-state index is 6.38. The number of para-hydroxylation sites is 1. The van der Waals surface area contributed by atoms with Crippen LogP contribution in [0.1, 0.15) is 0 Å². The van der Waals surface area contributed by atoms with Gasteiger partial charge in [-0.25, -0.2) is 0 Å². The van der Waals surface area contributed by atoms with Gasteiger partial charge in [-0.05, 0) is 33.0 Å². The minimum atomic E-state index is 0.947. The van der Waals surface area contributed by atoms with E-state index >= 15 is 0 Å². The molecule has 1 aromatic heterocycles. The molecule has 116 valence electrons. The minimum absolute atomic E-state index is 0.947. The number of rotatable bonds is 0. The molecule has 0 bridgehead atoms. The standard InChI is InChI=1S/C24H14O/c1-2-8-16-15(7-1)13-14-19-17-9-3-4-10-18(17)23-20-11-5-6-12-21(20)25-24(23)22(16)19/h1-14H. The largest absolute Gasteiger partial charge is 0.455 e. The van der Waals surface area contributed by atoms with Crippen LogP contribution in [0.25, 0.3) is 54.3 Å². The van der Waals surface area contributed by atoms with Crippen LogP contribution in [0.2, 0.25) is 0 Å². The first kappa shape index (κ1) is 13.0. The summed E-state index contributed by atoms with van der Waals surface area (Å²) in [5, 5.41) is 9.89. The van der Waals surface area contributed by atoms with E-state index in [4.69, 9.17) is 4.42 Å². The van der Waals surface area contributed by atoms with Crippen molar-refractivity contribution in [3.05, 3.63) is 84.9 Å². The van der Waals surface area contributed by atoms with Crippen LogP contribution < -0.4 is 0 Å². The SMILES string of the molecule is c1ccc2c(c1)ccc1c3ccccc3c3c4ccccc4oc3c21. The van der Waals surface area contributed by atoms with Gasteiger partial charge in [-0.1, -0.05) is 78.9 Å². The molecular formula is C24H14O. The Kier molecular flexibility index (Phi) is 2.40. The van der Waals surface area contributed by atoms with Crippen molar-refractivity contribution in [1.29, 1.82) is 0 Å². The minimum Gasteiger partial charge on any atom is -0.455 e. The average molecular weight is 318 g/mol. The summed E-state index contributed by atoms with van der Waals surface area (Å²) in [6.07, 6.45) is 0. The van der Waals surface area contributed by atoms with Crippen molar-refractivity contribution in [2.75, 3.05) is 0 Å². The van der Waals surface area contributed by atoms with Crippen molar-refractivity contribution in [2.24, 2.45) is 0 Å². The molecule has 25 heavy (non-hydrogen) atoms. The molecule has 0 spiro atoms. The Morgan fingerprint density at radius 1 is 0.440 bits per heavy atom. The summed E-state index contributed by atoms with van der Waals surface area (Å²) in [7, 11) is 0. The van der Waals surface area contributed by atoms with E-state index in [0.29, 0.717) is 0 Å². The lowest BCUT2D eigenvalue weighted by molar-refractivity contribution is 0.673. The van der Waals surface area contributed by atoms with Crippen LogP contribution >= 0.6 is 0 Å². The quantitative estimate of drug-likeness (QED) is 0.274. The Balaban J connectivity index is 2.08. The Labute approximate surface area is 144 Å². The van der Waals surface area contributed by atoms with E-state index in [1.165, 1.54) is 43.1 Å². The lowest BCUT2D eigenvalue weighted by Gasteiger charge is -2.09. The van der Waals surface area contributed by atoms with Gasteiger partial charge in [0, 0.05) is 16.2 Å². The molecule has 1 heterocycles. The number of furan rings is 1. The van der Waals surface area contributed by atoms with Crippen molar-refractivity contribution < 1.29 is 4.42 Å². The van der Waals surface area contributed by atoms with E-state index in [0.717, 1.165) is 11.2 Å². The zero-order chi connectivity index (χ0) is 16.4. The van der Waals surface area contributed by atoms with Crippen molar-refractivity contribution in [3.63, 3.8) is 0 Å². The van der Waals surface area contributed by atoms with E-state index in [-0.39, 0.29) is 0 Å². The molecule has 1 nitrogen and oxygen atoms in total. The number of hydrogen-bond acceptors (Lipinski definition) is 1. The zero-order valence-corrected chi connectivity index (χ0v) is 13.5. The lowest BCUT2D eigenvalue weighted by Crippen LogP contribution is -1.82. The number of fused-ring (bicyclic) bond motifs is 10. The Morgan fingerprint density at radius 3 is 1.92 bits per heavy atom. The molecule has 0 atom stereocenters. The fourth-order valence-corrected chi connectivity index (χ4v) is 4.17. The maximum atomic E-state index is 6.38. The van der Waals surface area contributed by atoms with Crippen LogP contribution in [-0.4, -0.2) is 0 Å². The Bertz CT molecular complexity index is 1440. The maximum Gasteiger partial charge on any atom is 0.144 e. The first-order valence-corrected chi connectivity index (χ1v) is 8.55. The van der Waals surface area contributed by atoms with Crippen LogP contribution in [0, 0.1) is 0 Å². The highest BCUT2D eigenvalue weighted by Crippen LogP contribution is 2.42. The van der Waals surface area contributed by atoms with E-state index in [1.807, 2.05) is 6.07 Å². The molecular weight excluding hydrogens is 304 g/mol. The second-order valence-corrected chi connectivity index (χ2v) is 6.56. The van der Waals surface area contributed by atoms with Gasteiger partial charge < -0.3 is 4.42 Å². The molecule has 0 unspecified atom stereocenters. The van der Waals surface area contributed by atoms with Gasteiger partial charge in [0.1, 0.15) is 11.2 Å². The zero-order valence-electron chi connectivity index (χ0n) is 13.5. The van der Waals surface area contributed by atoms with E-state index in [9.17, 15) is 0 Å². The molecule has 0 aliphatic rings. The van der Waals surface area contributed by atoms with Gasteiger partial charge in [0.15, 0.2) is 0 Å². The molecule has 0 radical (unpaired) electrons. The van der Waals surface area contributed by atoms with Gasteiger partial charge >= 0.3 is 0 Å². The van der Waals surface area contributed by atoms with Crippen molar-refractivity contribution in [3.8, 4) is 0 Å². The van der Waals surface area contributed by atoms with Crippen molar-refractivity contribution >= 4 is 54.3 Å². The van der Waals surface area contributed by atoms with Crippen LogP contribution in [0.15, 0.2) is 89.3 Å². The van der Waals surface area contributed by atoms with Gasteiger partial charge in [0.25, 0.3) is 0 Å². The van der Waals surface area contributed by atoms with E-state index in [1.54, 1.807) is 0 Å². The van der Waals surface area contributed by atoms with E-state index in [2.05, 4.69) is 78.9 Å². The van der Waals surface area contributed by atoms with Gasteiger partial charge in [-0.3, -0.25) is 0 Å². The summed E-state index contributed by atoms with van der Waals surface area (Å²) >= 11 is 0. The summed E-state index contributed by atoms with van der Waals surface area (Å²) in [5.41, 5.74) is 1.94. The fraction of sp³-hybridized carbons (Fsp3) is 0. The molecule has 0 aliphatic heterocycles. The normalized spacial score (nSPS) is 12.0. The number of hydrogen-bond donors (Lipinski definition) is 0. The lowest BCUT2D eigenvalue weighted by atomic mass is 9.93. The molecule has 5 aromatic carbocycles. The van der Waals surface area contributed by atoms with Gasteiger partial charge in [0.05, 0.1) is 0 Å². The fourth-order valence-electron chi connectivity index (χ4n) is 4.17. The molecule has 0 saturated heterocycles. The van der Waals surface area contributed by atoms with Crippen LogP contribution in [-0.2, 0) is 0 Å². The smallest absolute Gasteiger partial charge is 0.144 e. The summed E-state index contributed by atoms with van der Waals surface area (Å²) < 4.78 is 6.38. The third kappa shape index (κ3) is 1.62. The first-order valence-electron chi connectivity index (χ1n) is 8.55. The highest BCUT2D eigenvalue weighted by Gasteiger charge is 2.16. The molecule has 0 N–H and O–H groups in total. The third-order valence-electron chi connectivity index (χ3n) is 5.24. The van der Waals surface area contributed by atoms with Crippen LogP contribution in [0.3, 0.4) is 0 Å². The molecule has 6 aromatic rings. The molecule has 0 aliphatic carbocycles. The average Bonchev–Trinajstić information content (AvgIpc) is 3.07. The van der Waals surface area contributed by atoms with E-state index < -0.39 is 0 Å². The summed E-state index contributed by atoms with van der Waals surface area (Å²) in [6.45, 7) is 0. The Hall–Kier alpha value is -3.32. The third-order valence-corrected chi connectivity index (χ3v) is 5.24. The van der Waals surface area contributed by atoms with Gasteiger partial charge in [0.2, 0.25) is 0 Å². The second kappa shape index (κ2) is 4.61. The second-order valence-electron chi connectivity index (χ2n) is 6.56. The van der Waals surface area contributed by atoms with Gasteiger partial charge in [-0.2, -0.15) is 0 Å². The van der Waals surface area contributed by atoms with Crippen molar-refractivity contribution in [2.45, 2.75) is 0 Å².